The largest absolute Gasteiger partial charge is 0.355 e. The quantitative estimate of drug-likeness (QED) is 0.315. The minimum atomic E-state index is 0.733. The molecule has 0 atom stereocenters. The number of pyridine rings is 1. The van der Waals surface area contributed by atoms with Crippen molar-refractivity contribution in [3.8, 4) is 17.1 Å². The van der Waals surface area contributed by atoms with Gasteiger partial charge in [-0.3, -0.25) is 0 Å². The van der Waals surface area contributed by atoms with Gasteiger partial charge in [0.15, 0.2) is 0 Å². The fraction of sp³-hybridized carbons (Fsp3) is 0.148. The van der Waals surface area contributed by atoms with Crippen LogP contribution in [0.4, 0.5) is 11.4 Å². The average molecular weight is 454 g/mol. The molecular weight excluding hydrogens is 430 g/mol. The average Bonchev–Trinajstić information content (AvgIpc) is 3.30. The Bertz CT molecular complexity index is 1480. The Morgan fingerprint density at radius 1 is 0.818 bits per heavy atom. The molecule has 0 saturated carbocycles. The van der Waals surface area contributed by atoms with E-state index in [1.807, 2.05) is 55.6 Å². The van der Waals surface area contributed by atoms with Crippen LogP contribution in [0, 0.1) is 27.7 Å². The van der Waals surface area contributed by atoms with Crippen LogP contribution in [0.25, 0.3) is 28.0 Å². The Morgan fingerprint density at radius 2 is 1.61 bits per heavy atom. The van der Waals surface area contributed by atoms with E-state index < -0.39 is 0 Å². The SMILES string of the molecule is Cc1ccc(Nc2cccc3nc(-c4cn(-c5cc(C)c(C)c(C)c5)nn4)ccc23)cc1Cl. The second-order valence-electron chi connectivity index (χ2n) is 8.41. The third-order valence-electron chi connectivity index (χ3n) is 6.11. The number of benzene rings is 3. The van der Waals surface area contributed by atoms with E-state index in [0.717, 1.165) is 49.9 Å². The van der Waals surface area contributed by atoms with Gasteiger partial charge in [-0.2, -0.15) is 0 Å². The van der Waals surface area contributed by atoms with Crippen molar-refractivity contribution in [2.75, 3.05) is 5.32 Å². The van der Waals surface area contributed by atoms with Crippen molar-refractivity contribution in [3.63, 3.8) is 0 Å². The molecule has 5 nitrogen and oxygen atoms in total. The van der Waals surface area contributed by atoms with Crippen LogP contribution in [-0.4, -0.2) is 20.0 Å². The van der Waals surface area contributed by atoms with Crippen molar-refractivity contribution >= 4 is 33.9 Å². The summed E-state index contributed by atoms with van der Waals surface area (Å²) in [5.41, 5.74) is 10.1. The summed E-state index contributed by atoms with van der Waals surface area (Å²) < 4.78 is 1.81. The Morgan fingerprint density at radius 3 is 2.36 bits per heavy atom. The van der Waals surface area contributed by atoms with Gasteiger partial charge in [0, 0.05) is 21.8 Å². The molecule has 6 heteroatoms. The van der Waals surface area contributed by atoms with Crippen LogP contribution in [0.3, 0.4) is 0 Å². The van der Waals surface area contributed by atoms with Gasteiger partial charge in [-0.1, -0.05) is 28.9 Å². The highest BCUT2D eigenvalue weighted by Gasteiger charge is 2.11. The zero-order valence-electron chi connectivity index (χ0n) is 19.0. The summed E-state index contributed by atoms with van der Waals surface area (Å²) in [6, 6.07) is 20.3. The molecule has 0 aliphatic rings. The fourth-order valence-corrected chi connectivity index (χ4v) is 4.07. The van der Waals surface area contributed by atoms with Gasteiger partial charge in [-0.05, 0) is 98.5 Å². The number of aryl methyl sites for hydroxylation is 3. The highest BCUT2D eigenvalue weighted by atomic mass is 35.5. The summed E-state index contributed by atoms with van der Waals surface area (Å²) >= 11 is 6.29. The first-order valence-electron chi connectivity index (χ1n) is 10.8. The molecular formula is C27H24ClN5. The number of aromatic nitrogens is 4. The molecule has 0 saturated heterocycles. The Hall–Kier alpha value is -3.70. The zero-order valence-corrected chi connectivity index (χ0v) is 19.8. The van der Waals surface area contributed by atoms with Gasteiger partial charge < -0.3 is 5.32 Å². The number of hydrogen-bond donors (Lipinski definition) is 1. The van der Waals surface area contributed by atoms with E-state index >= 15 is 0 Å². The summed E-state index contributed by atoms with van der Waals surface area (Å²) in [5, 5.41) is 13.9. The van der Waals surface area contributed by atoms with Crippen molar-refractivity contribution in [1.82, 2.24) is 20.0 Å². The van der Waals surface area contributed by atoms with Gasteiger partial charge in [0.1, 0.15) is 5.69 Å². The first-order valence-corrected chi connectivity index (χ1v) is 11.2. The molecule has 0 radical (unpaired) electrons. The molecule has 0 fully saturated rings. The van der Waals surface area contributed by atoms with Gasteiger partial charge in [-0.25, -0.2) is 9.67 Å². The predicted octanol–water partition coefficient (Wildman–Crippen LogP) is 7.11. The van der Waals surface area contributed by atoms with Crippen LogP contribution in [-0.2, 0) is 0 Å². The summed E-state index contributed by atoms with van der Waals surface area (Å²) in [4.78, 5) is 4.85. The molecule has 0 aliphatic heterocycles. The van der Waals surface area contributed by atoms with Crippen molar-refractivity contribution in [1.29, 1.82) is 0 Å². The third-order valence-corrected chi connectivity index (χ3v) is 6.52. The molecule has 1 N–H and O–H groups in total. The normalized spacial score (nSPS) is 11.2. The Kier molecular flexibility index (Phi) is 5.35. The molecule has 5 rings (SSSR count). The maximum absolute atomic E-state index is 6.29. The third kappa shape index (κ3) is 4.08. The molecule has 0 aliphatic carbocycles. The van der Waals surface area contributed by atoms with Gasteiger partial charge >= 0.3 is 0 Å². The molecule has 164 valence electrons. The summed E-state index contributed by atoms with van der Waals surface area (Å²) in [6.45, 7) is 8.36. The molecule has 33 heavy (non-hydrogen) atoms. The smallest absolute Gasteiger partial charge is 0.131 e. The molecule has 2 heterocycles. The van der Waals surface area contributed by atoms with E-state index in [2.05, 4.69) is 54.6 Å². The highest BCUT2D eigenvalue weighted by Crippen LogP contribution is 2.29. The van der Waals surface area contributed by atoms with E-state index in [9.17, 15) is 0 Å². The predicted molar refractivity (Wildman–Crippen MR) is 136 cm³/mol. The Balaban J connectivity index is 1.48. The number of fused-ring (bicyclic) bond motifs is 1. The van der Waals surface area contributed by atoms with Crippen LogP contribution >= 0.6 is 11.6 Å². The molecule has 5 aromatic rings. The van der Waals surface area contributed by atoms with Gasteiger partial charge in [-0.15, -0.1) is 5.10 Å². The molecule has 2 aromatic heterocycles. The second-order valence-corrected chi connectivity index (χ2v) is 8.82. The second kappa shape index (κ2) is 8.34. The molecule has 0 amide bonds. The van der Waals surface area contributed by atoms with Crippen molar-refractivity contribution in [2.45, 2.75) is 27.7 Å². The van der Waals surface area contributed by atoms with Crippen molar-refractivity contribution in [2.24, 2.45) is 0 Å². The van der Waals surface area contributed by atoms with E-state index in [-0.39, 0.29) is 0 Å². The first kappa shape index (κ1) is 21.2. The lowest BCUT2D eigenvalue weighted by atomic mass is 10.0. The van der Waals surface area contributed by atoms with Crippen LogP contribution in [0.2, 0.25) is 5.02 Å². The topological polar surface area (TPSA) is 55.6 Å². The number of nitrogens with one attached hydrogen (secondary N) is 1. The van der Waals surface area contributed by atoms with Crippen molar-refractivity contribution in [3.05, 3.63) is 94.1 Å². The maximum atomic E-state index is 6.29. The van der Waals surface area contributed by atoms with Crippen LogP contribution in [0.15, 0.2) is 66.9 Å². The number of rotatable bonds is 4. The lowest BCUT2D eigenvalue weighted by molar-refractivity contribution is 0.801. The van der Waals surface area contributed by atoms with E-state index in [0.29, 0.717) is 0 Å². The molecule has 3 aromatic carbocycles. The maximum Gasteiger partial charge on any atom is 0.131 e. The van der Waals surface area contributed by atoms with Crippen LogP contribution in [0.5, 0.6) is 0 Å². The lowest BCUT2D eigenvalue weighted by Crippen LogP contribution is -1.98. The molecule has 0 bridgehead atoms. The number of nitrogens with zero attached hydrogens (tertiary/aromatic N) is 4. The fourth-order valence-electron chi connectivity index (χ4n) is 3.89. The highest BCUT2D eigenvalue weighted by molar-refractivity contribution is 6.31. The standard InChI is InChI=1S/C27H24ClN5/c1-16-8-9-20(14-23(16)28)29-24-6-5-7-25-22(24)10-11-26(30-25)27-15-33(32-31-27)21-12-17(2)19(4)18(3)13-21/h5-15,29H,1-4H3. The van der Waals surface area contributed by atoms with Gasteiger partial charge in [0.25, 0.3) is 0 Å². The van der Waals surface area contributed by atoms with Crippen LogP contribution < -0.4 is 5.32 Å². The molecule has 0 spiro atoms. The van der Waals surface area contributed by atoms with Gasteiger partial charge in [0.05, 0.1) is 23.1 Å². The summed E-state index contributed by atoms with van der Waals surface area (Å²) in [7, 11) is 0. The Labute approximate surface area is 198 Å². The number of hydrogen-bond acceptors (Lipinski definition) is 4. The lowest BCUT2D eigenvalue weighted by Gasteiger charge is -2.11. The minimum absolute atomic E-state index is 0.733. The summed E-state index contributed by atoms with van der Waals surface area (Å²) in [6.07, 6.45) is 1.92. The number of anilines is 2. The monoisotopic (exact) mass is 453 g/mol. The summed E-state index contributed by atoms with van der Waals surface area (Å²) in [5.74, 6) is 0. The van der Waals surface area contributed by atoms with Gasteiger partial charge in [0.2, 0.25) is 0 Å². The van der Waals surface area contributed by atoms with E-state index in [1.54, 1.807) is 4.68 Å². The zero-order chi connectivity index (χ0) is 23.1. The molecule has 0 unspecified atom stereocenters. The van der Waals surface area contributed by atoms with Crippen LogP contribution in [0.1, 0.15) is 22.3 Å². The van der Waals surface area contributed by atoms with Crippen molar-refractivity contribution < 1.29 is 0 Å². The van der Waals surface area contributed by atoms with E-state index in [1.165, 1.54) is 16.7 Å². The first-order chi connectivity index (χ1) is 15.9. The number of halogens is 1. The minimum Gasteiger partial charge on any atom is -0.355 e. The van der Waals surface area contributed by atoms with E-state index in [4.69, 9.17) is 16.6 Å².